The summed E-state index contributed by atoms with van der Waals surface area (Å²) < 4.78 is 9.71. The highest BCUT2D eigenvalue weighted by Gasteiger charge is 2.52. The Morgan fingerprint density at radius 1 is 1.32 bits per heavy atom. The molecule has 4 aromatic heterocycles. The Kier molecular flexibility index (Phi) is 4.12. The fourth-order valence-electron chi connectivity index (χ4n) is 5.51. The number of carbonyl (C=O) groups is 1. The van der Waals surface area contributed by atoms with Crippen molar-refractivity contribution >= 4 is 22.5 Å². The van der Waals surface area contributed by atoms with Gasteiger partial charge in [-0.2, -0.15) is 5.10 Å². The molecule has 1 saturated carbocycles. The van der Waals surface area contributed by atoms with E-state index in [-0.39, 0.29) is 11.9 Å². The highest BCUT2D eigenvalue weighted by atomic mass is 16.5. The number of aryl methyl sites for hydroxylation is 1. The molecular formula is C25H27N7O2. The summed E-state index contributed by atoms with van der Waals surface area (Å²) in [5.41, 5.74) is 5.00. The quantitative estimate of drug-likeness (QED) is 0.463. The highest BCUT2D eigenvalue weighted by Crippen LogP contribution is 2.37. The first-order chi connectivity index (χ1) is 16.5. The number of aromatic nitrogens is 5. The molecule has 2 aliphatic heterocycles. The minimum absolute atomic E-state index is 0.0801. The Bertz CT molecular complexity index is 1470. The van der Waals surface area contributed by atoms with Crippen molar-refractivity contribution in [2.75, 3.05) is 13.7 Å². The Labute approximate surface area is 196 Å². The molecule has 3 atom stereocenters. The van der Waals surface area contributed by atoms with Gasteiger partial charge < -0.3 is 19.5 Å². The number of fused-ring (bicyclic) bond motifs is 3. The minimum atomic E-state index is -0.0801. The van der Waals surface area contributed by atoms with Crippen LogP contribution < -0.4 is 10.1 Å². The second kappa shape index (κ2) is 7.02. The fraction of sp³-hybridized carbons (Fsp3) is 0.440. The lowest BCUT2D eigenvalue weighted by molar-refractivity contribution is 0.0719. The zero-order valence-corrected chi connectivity index (χ0v) is 19.5. The van der Waals surface area contributed by atoms with Crippen molar-refractivity contribution in [1.29, 1.82) is 0 Å². The molecule has 6 heterocycles. The van der Waals surface area contributed by atoms with Crippen molar-refractivity contribution in [3.63, 3.8) is 0 Å². The van der Waals surface area contributed by atoms with Crippen LogP contribution in [0.25, 0.3) is 27.9 Å². The van der Waals surface area contributed by atoms with Gasteiger partial charge in [-0.05, 0) is 50.8 Å². The number of ether oxygens (including phenoxy) is 1. The third-order valence-electron chi connectivity index (χ3n) is 7.66. The molecule has 9 nitrogen and oxygen atoms in total. The predicted octanol–water partition coefficient (Wildman–Crippen LogP) is 2.66. The van der Waals surface area contributed by atoms with Crippen molar-refractivity contribution in [2.24, 2.45) is 5.92 Å². The van der Waals surface area contributed by atoms with Crippen molar-refractivity contribution < 1.29 is 9.53 Å². The van der Waals surface area contributed by atoms with Crippen LogP contribution in [0, 0.1) is 12.8 Å². The summed E-state index contributed by atoms with van der Waals surface area (Å²) in [6.07, 6.45) is 6.10. The zero-order valence-electron chi connectivity index (χ0n) is 19.5. The number of methoxy groups -OCH3 is 1. The Balaban J connectivity index is 1.36. The van der Waals surface area contributed by atoms with E-state index in [1.54, 1.807) is 17.8 Å². The van der Waals surface area contributed by atoms with Gasteiger partial charge in [0, 0.05) is 48.4 Å². The van der Waals surface area contributed by atoms with Gasteiger partial charge in [0.25, 0.3) is 5.91 Å². The third kappa shape index (κ3) is 2.89. The molecule has 2 saturated heterocycles. The highest BCUT2D eigenvalue weighted by molar-refractivity contribution is 5.94. The molecule has 4 aromatic rings. The first-order valence-electron chi connectivity index (χ1n) is 12.0. The summed E-state index contributed by atoms with van der Waals surface area (Å²) in [6.45, 7) is 5.77. The van der Waals surface area contributed by atoms with Crippen molar-refractivity contribution in [2.45, 2.75) is 51.4 Å². The zero-order chi connectivity index (χ0) is 23.1. The summed E-state index contributed by atoms with van der Waals surface area (Å²) in [5, 5.41) is 9.46. The summed E-state index contributed by atoms with van der Waals surface area (Å²) in [4.78, 5) is 24.5. The van der Waals surface area contributed by atoms with Gasteiger partial charge in [0.2, 0.25) is 5.88 Å². The van der Waals surface area contributed by atoms with E-state index in [9.17, 15) is 4.79 Å². The molecule has 34 heavy (non-hydrogen) atoms. The van der Waals surface area contributed by atoms with Crippen molar-refractivity contribution in [3.05, 3.63) is 41.9 Å². The molecule has 1 N–H and O–H groups in total. The van der Waals surface area contributed by atoms with Crippen LogP contribution in [-0.2, 0) is 6.54 Å². The van der Waals surface area contributed by atoms with Crippen molar-refractivity contribution in [3.8, 4) is 17.3 Å². The average molecular weight is 458 g/mol. The molecule has 3 fully saturated rings. The van der Waals surface area contributed by atoms with Crippen LogP contribution in [0.2, 0.25) is 0 Å². The summed E-state index contributed by atoms with van der Waals surface area (Å²) in [5.74, 6) is 1.03. The standard InChI is InChI=1S/C25H27N7O2/c1-13-20(19-9-16-5-4-8-26-23(16)31(19)10-15-6-7-15)29-32-12-18(28-24(34-3)22(13)32)25(33)30-11-17-21(27-17)14(30)2/h4-5,8-9,12,14-15,17,21,27H,6-7,10-11H2,1-3H3/t14?,17?,21-/m0/s1. The fourth-order valence-corrected chi connectivity index (χ4v) is 5.51. The lowest BCUT2D eigenvalue weighted by atomic mass is 10.1. The molecule has 7 rings (SSSR count). The Morgan fingerprint density at radius 2 is 2.18 bits per heavy atom. The Morgan fingerprint density at radius 3 is 2.91 bits per heavy atom. The largest absolute Gasteiger partial charge is 0.479 e. The second-order valence-corrected chi connectivity index (χ2v) is 9.90. The van der Waals surface area contributed by atoms with Gasteiger partial charge in [-0.3, -0.25) is 4.79 Å². The van der Waals surface area contributed by atoms with Gasteiger partial charge in [-0.25, -0.2) is 14.5 Å². The van der Waals surface area contributed by atoms with Crippen molar-refractivity contribution in [1.82, 2.24) is 34.4 Å². The summed E-state index contributed by atoms with van der Waals surface area (Å²) >= 11 is 0. The third-order valence-corrected chi connectivity index (χ3v) is 7.66. The molecule has 3 aliphatic rings. The molecule has 0 spiro atoms. The molecule has 2 unspecified atom stereocenters. The maximum atomic E-state index is 13.3. The van der Waals surface area contributed by atoms with Gasteiger partial charge in [-0.15, -0.1) is 0 Å². The van der Waals surface area contributed by atoms with Crippen LogP contribution >= 0.6 is 0 Å². The van der Waals surface area contributed by atoms with Crippen LogP contribution in [-0.4, -0.2) is 66.7 Å². The normalized spacial score (nSPS) is 23.6. The number of hydrogen-bond donors (Lipinski definition) is 1. The van der Waals surface area contributed by atoms with E-state index in [0.29, 0.717) is 36.1 Å². The second-order valence-electron chi connectivity index (χ2n) is 9.90. The maximum Gasteiger partial charge on any atom is 0.274 e. The smallest absolute Gasteiger partial charge is 0.274 e. The van der Waals surface area contributed by atoms with Gasteiger partial charge in [0.1, 0.15) is 16.9 Å². The number of pyridine rings is 1. The number of amides is 1. The maximum absolute atomic E-state index is 13.3. The van der Waals surface area contributed by atoms with E-state index >= 15 is 0 Å². The van der Waals surface area contributed by atoms with Gasteiger partial charge in [0.15, 0.2) is 5.69 Å². The van der Waals surface area contributed by atoms with E-state index in [1.807, 2.05) is 24.1 Å². The molecule has 1 amide bonds. The predicted molar refractivity (Wildman–Crippen MR) is 127 cm³/mol. The number of likely N-dealkylation sites (tertiary alicyclic amines) is 1. The van der Waals surface area contributed by atoms with Crippen LogP contribution in [0.5, 0.6) is 5.88 Å². The topological polar surface area (TPSA) is 99.5 Å². The first-order valence-corrected chi connectivity index (χ1v) is 12.0. The monoisotopic (exact) mass is 457 g/mol. The molecule has 174 valence electrons. The summed E-state index contributed by atoms with van der Waals surface area (Å²) in [6, 6.07) is 7.18. The number of nitrogens with one attached hydrogen (secondary N) is 1. The van der Waals surface area contributed by atoms with Crippen LogP contribution in [0.4, 0.5) is 0 Å². The Hall–Kier alpha value is -3.46. The number of hydrogen-bond acceptors (Lipinski definition) is 6. The van der Waals surface area contributed by atoms with Gasteiger partial charge in [0.05, 0.1) is 19.0 Å². The number of nitrogens with zero attached hydrogens (tertiary/aromatic N) is 6. The number of piperazine rings is 1. The van der Waals surface area contributed by atoms with Gasteiger partial charge in [-0.1, -0.05) is 0 Å². The number of rotatable bonds is 5. The molecule has 0 bridgehead atoms. The lowest BCUT2D eigenvalue weighted by Gasteiger charge is -2.24. The SMILES string of the molecule is COc1nc(C(=O)N2CC3N[C@H]3C2C)cn2nc(-c3cc4cccnc4n3CC3CC3)c(C)c12. The lowest BCUT2D eigenvalue weighted by Crippen LogP contribution is -2.40. The van der Waals surface area contributed by atoms with Crippen LogP contribution in [0.3, 0.4) is 0 Å². The van der Waals surface area contributed by atoms with E-state index < -0.39 is 0 Å². The molecule has 1 aliphatic carbocycles. The van der Waals surface area contributed by atoms with E-state index in [4.69, 9.17) is 9.84 Å². The molecule has 9 heteroatoms. The molecule has 0 radical (unpaired) electrons. The van der Waals surface area contributed by atoms with Crippen LogP contribution in [0.1, 0.15) is 35.8 Å². The van der Waals surface area contributed by atoms with Crippen LogP contribution in [0.15, 0.2) is 30.6 Å². The molecular weight excluding hydrogens is 430 g/mol. The van der Waals surface area contributed by atoms with E-state index in [2.05, 4.69) is 38.9 Å². The van der Waals surface area contributed by atoms with E-state index in [0.717, 1.165) is 40.0 Å². The molecule has 0 aromatic carbocycles. The summed E-state index contributed by atoms with van der Waals surface area (Å²) in [7, 11) is 1.59. The number of carbonyl (C=O) groups excluding carboxylic acids is 1. The van der Waals surface area contributed by atoms with E-state index in [1.165, 1.54) is 12.8 Å². The minimum Gasteiger partial charge on any atom is -0.479 e. The van der Waals surface area contributed by atoms with Gasteiger partial charge >= 0.3 is 0 Å². The average Bonchev–Trinajstić information content (AvgIpc) is 3.74. The first kappa shape index (κ1) is 20.0.